The second-order valence-electron chi connectivity index (χ2n) is 10.8. The van der Waals surface area contributed by atoms with Gasteiger partial charge in [-0.15, -0.1) is 0 Å². The molecule has 3 heterocycles. The van der Waals surface area contributed by atoms with E-state index < -0.39 is 53.9 Å². The summed E-state index contributed by atoms with van der Waals surface area (Å²) < 4.78 is 0. The van der Waals surface area contributed by atoms with Crippen LogP contribution in [0.5, 0.6) is 0 Å². The summed E-state index contributed by atoms with van der Waals surface area (Å²) >= 11 is 0. The number of nitrogens with two attached hydrogens (primary N) is 1. The molecule has 3 aliphatic heterocycles. The number of carboxylic acids is 1. The molecule has 39 heavy (non-hydrogen) atoms. The van der Waals surface area contributed by atoms with Crippen LogP contribution >= 0.6 is 0 Å². The predicted octanol–water partition coefficient (Wildman–Crippen LogP) is -0.914. The molecule has 0 aliphatic carbocycles. The highest BCUT2D eigenvalue weighted by Crippen LogP contribution is 2.26. The van der Waals surface area contributed by atoms with Crippen molar-refractivity contribution in [2.75, 3.05) is 19.6 Å². The van der Waals surface area contributed by atoms with Crippen LogP contribution in [-0.4, -0.2) is 100 Å². The number of carbonyl (C=O) groups is 6. The van der Waals surface area contributed by atoms with Crippen molar-refractivity contribution in [3.05, 3.63) is 0 Å². The molecule has 1 unspecified atom stereocenters. The molecule has 3 saturated heterocycles. The van der Waals surface area contributed by atoms with Crippen molar-refractivity contribution in [1.29, 1.82) is 0 Å². The van der Waals surface area contributed by atoms with E-state index in [1.54, 1.807) is 0 Å². The predicted molar refractivity (Wildman–Crippen MR) is 140 cm³/mol. The van der Waals surface area contributed by atoms with Crippen molar-refractivity contribution >= 4 is 35.5 Å². The van der Waals surface area contributed by atoms with E-state index in [1.807, 2.05) is 13.8 Å². The molecule has 0 radical (unpaired) electrons. The van der Waals surface area contributed by atoms with Gasteiger partial charge in [0.05, 0.1) is 6.04 Å². The van der Waals surface area contributed by atoms with Crippen molar-refractivity contribution < 1.29 is 33.9 Å². The van der Waals surface area contributed by atoms with Gasteiger partial charge in [-0.1, -0.05) is 20.3 Å². The van der Waals surface area contributed by atoms with E-state index in [9.17, 15) is 33.9 Å². The monoisotopic (exact) mass is 550 g/mol. The number of rotatable bonds is 12. The third kappa shape index (κ3) is 7.46. The second kappa shape index (κ2) is 13.7. The number of hydrogen-bond acceptors (Lipinski definition) is 7. The lowest BCUT2D eigenvalue weighted by Crippen LogP contribution is -2.59. The molecule has 3 aliphatic rings. The van der Waals surface area contributed by atoms with Crippen LogP contribution in [0.4, 0.5) is 0 Å². The Morgan fingerprint density at radius 1 is 0.974 bits per heavy atom. The van der Waals surface area contributed by atoms with E-state index in [-0.39, 0.29) is 30.6 Å². The first-order valence-electron chi connectivity index (χ1n) is 14.0. The van der Waals surface area contributed by atoms with E-state index in [0.29, 0.717) is 58.2 Å². The SMILES string of the molecule is CCC(C)[C@H](NC(=O)[C@H](CCC(N)=O)NC(=O)[C@@H]1CCCN1)C(=O)N1CCC[C@H]1C(=O)N1CCC[C@H]1C(=O)O. The molecular weight excluding hydrogens is 508 g/mol. The number of likely N-dealkylation sites (tertiary alicyclic amines) is 2. The first kappa shape index (κ1) is 30.3. The highest BCUT2D eigenvalue weighted by Gasteiger charge is 2.44. The Balaban J connectivity index is 1.75. The molecule has 0 saturated carbocycles. The van der Waals surface area contributed by atoms with Gasteiger partial charge < -0.3 is 36.6 Å². The molecular formula is C26H42N6O7. The average molecular weight is 551 g/mol. The van der Waals surface area contributed by atoms with Gasteiger partial charge in [-0.25, -0.2) is 4.79 Å². The number of hydrogen-bond donors (Lipinski definition) is 5. The summed E-state index contributed by atoms with van der Waals surface area (Å²) in [5.41, 5.74) is 5.29. The summed E-state index contributed by atoms with van der Waals surface area (Å²) in [7, 11) is 0. The number of primary amides is 1. The van der Waals surface area contributed by atoms with E-state index in [0.717, 1.165) is 6.42 Å². The van der Waals surface area contributed by atoms with Crippen LogP contribution in [-0.2, 0) is 28.8 Å². The highest BCUT2D eigenvalue weighted by molar-refractivity contribution is 5.96. The molecule has 13 heteroatoms. The van der Waals surface area contributed by atoms with Gasteiger partial charge in [-0.3, -0.25) is 24.0 Å². The third-order valence-electron chi connectivity index (χ3n) is 8.11. The van der Waals surface area contributed by atoms with Crippen LogP contribution in [0.2, 0.25) is 0 Å². The number of nitrogens with zero attached hydrogens (tertiary/aromatic N) is 2. The Morgan fingerprint density at radius 3 is 2.23 bits per heavy atom. The van der Waals surface area contributed by atoms with Crippen molar-refractivity contribution in [3.63, 3.8) is 0 Å². The summed E-state index contributed by atoms with van der Waals surface area (Å²) in [6.07, 6.45) is 3.85. The van der Waals surface area contributed by atoms with Gasteiger partial charge in [0.25, 0.3) is 0 Å². The lowest BCUT2D eigenvalue weighted by atomic mass is 9.96. The zero-order valence-electron chi connectivity index (χ0n) is 22.8. The molecule has 6 atom stereocenters. The van der Waals surface area contributed by atoms with E-state index in [4.69, 9.17) is 5.73 Å². The molecule has 0 spiro atoms. The third-order valence-corrected chi connectivity index (χ3v) is 8.11. The molecule has 0 aromatic rings. The molecule has 3 fully saturated rings. The van der Waals surface area contributed by atoms with Crippen LogP contribution in [0.1, 0.15) is 71.6 Å². The van der Waals surface area contributed by atoms with Crippen LogP contribution in [0.3, 0.4) is 0 Å². The maximum atomic E-state index is 13.8. The topological polar surface area (TPSA) is 191 Å². The van der Waals surface area contributed by atoms with Crippen molar-refractivity contribution in [3.8, 4) is 0 Å². The van der Waals surface area contributed by atoms with Crippen molar-refractivity contribution in [2.24, 2.45) is 11.7 Å². The second-order valence-corrected chi connectivity index (χ2v) is 10.8. The molecule has 0 aromatic heterocycles. The fourth-order valence-electron chi connectivity index (χ4n) is 5.62. The maximum absolute atomic E-state index is 13.8. The summed E-state index contributed by atoms with van der Waals surface area (Å²) in [5, 5.41) is 18.1. The molecule has 5 amide bonds. The number of carboxylic acid groups (broad SMARTS) is 1. The Hall–Kier alpha value is -3.22. The standard InChI is InChI=1S/C26H42N6O7/c1-3-15(2)21(30-23(35)17(10-11-20(27)33)29-22(34)16-7-4-12-28-16)25(37)31-13-5-8-18(31)24(36)32-14-6-9-19(32)26(38)39/h15-19,21,28H,3-14H2,1-2H3,(H2,27,33)(H,29,34)(H,30,35)(H,38,39)/t15?,16-,17-,18-,19-,21-/m0/s1. The van der Waals surface area contributed by atoms with Gasteiger partial charge in [-0.05, 0) is 57.4 Å². The number of aliphatic carboxylic acids is 1. The minimum atomic E-state index is -1.07. The van der Waals surface area contributed by atoms with Crippen molar-refractivity contribution in [1.82, 2.24) is 25.8 Å². The summed E-state index contributed by atoms with van der Waals surface area (Å²) in [6.45, 7) is 5.04. The fraction of sp³-hybridized carbons (Fsp3) is 0.769. The van der Waals surface area contributed by atoms with Gasteiger partial charge in [0.2, 0.25) is 29.5 Å². The number of amides is 5. The highest BCUT2D eigenvalue weighted by atomic mass is 16.4. The van der Waals surface area contributed by atoms with Crippen LogP contribution < -0.4 is 21.7 Å². The molecule has 13 nitrogen and oxygen atoms in total. The lowest BCUT2D eigenvalue weighted by molar-refractivity contribution is -0.152. The molecule has 0 bridgehead atoms. The zero-order valence-corrected chi connectivity index (χ0v) is 22.8. The van der Waals surface area contributed by atoms with Crippen LogP contribution in [0.15, 0.2) is 0 Å². The largest absolute Gasteiger partial charge is 0.480 e. The normalized spacial score (nSPS) is 25.1. The zero-order chi connectivity index (χ0) is 28.7. The van der Waals surface area contributed by atoms with E-state index in [1.165, 1.54) is 9.80 Å². The van der Waals surface area contributed by atoms with Gasteiger partial charge in [-0.2, -0.15) is 0 Å². The lowest BCUT2D eigenvalue weighted by Gasteiger charge is -2.34. The minimum absolute atomic E-state index is 0.0165. The summed E-state index contributed by atoms with van der Waals surface area (Å²) in [5.74, 6) is -3.72. The molecule has 0 aromatic carbocycles. The maximum Gasteiger partial charge on any atom is 0.326 e. The average Bonchev–Trinajstić information content (AvgIpc) is 3.69. The Bertz CT molecular complexity index is 953. The Kier molecular flexibility index (Phi) is 10.7. The van der Waals surface area contributed by atoms with Gasteiger partial charge in [0, 0.05) is 19.5 Å². The molecule has 3 rings (SSSR count). The first-order valence-corrected chi connectivity index (χ1v) is 14.0. The smallest absolute Gasteiger partial charge is 0.326 e. The van der Waals surface area contributed by atoms with E-state index in [2.05, 4.69) is 16.0 Å². The molecule has 6 N–H and O–H groups in total. The van der Waals surface area contributed by atoms with Crippen LogP contribution in [0.25, 0.3) is 0 Å². The van der Waals surface area contributed by atoms with Crippen molar-refractivity contribution in [2.45, 2.75) is 102 Å². The fourth-order valence-corrected chi connectivity index (χ4v) is 5.62. The van der Waals surface area contributed by atoms with Gasteiger partial charge >= 0.3 is 5.97 Å². The van der Waals surface area contributed by atoms with Gasteiger partial charge in [0.15, 0.2) is 0 Å². The van der Waals surface area contributed by atoms with Crippen LogP contribution in [0, 0.1) is 5.92 Å². The quantitative estimate of drug-likeness (QED) is 0.206. The first-order chi connectivity index (χ1) is 18.5. The van der Waals surface area contributed by atoms with Gasteiger partial charge in [0.1, 0.15) is 24.2 Å². The summed E-state index contributed by atoms with van der Waals surface area (Å²) in [6, 6.07) is -4.16. The summed E-state index contributed by atoms with van der Waals surface area (Å²) in [4.78, 5) is 79.1. The Morgan fingerprint density at radius 2 is 1.64 bits per heavy atom. The number of nitrogens with one attached hydrogen (secondary N) is 3. The molecule has 218 valence electrons. The minimum Gasteiger partial charge on any atom is -0.480 e. The number of carbonyl (C=O) groups excluding carboxylic acids is 5. The van der Waals surface area contributed by atoms with E-state index >= 15 is 0 Å². The Labute approximate surface area is 228 Å².